The molecule has 0 saturated heterocycles. The molecule has 1 aromatic carbocycles. The number of hydrogen-bond acceptors (Lipinski definition) is 6. The van der Waals surface area contributed by atoms with Gasteiger partial charge in [0.05, 0.1) is 10.1 Å². The lowest BCUT2D eigenvalue weighted by Crippen LogP contribution is -2.29. The minimum atomic E-state index is -3.46. The molecule has 27 heavy (non-hydrogen) atoms. The van der Waals surface area contributed by atoms with Gasteiger partial charge in [0.1, 0.15) is 6.54 Å². The summed E-state index contributed by atoms with van der Waals surface area (Å²) in [6.45, 7) is -0.601. The van der Waals surface area contributed by atoms with Crippen molar-refractivity contribution in [1.82, 2.24) is 10.3 Å². The molecule has 1 aliphatic rings. The van der Waals surface area contributed by atoms with Crippen molar-refractivity contribution in [3.05, 3.63) is 30.1 Å². The van der Waals surface area contributed by atoms with Crippen molar-refractivity contribution < 1.29 is 28.2 Å². The van der Waals surface area contributed by atoms with Gasteiger partial charge in [-0.15, -0.1) is 0 Å². The summed E-state index contributed by atoms with van der Waals surface area (Å²) in [5.41, 5.74) is -0.313. The quantitative estimate of drug-likeness (QED) is 0.707. The fourth-order valence-corrected chi connectivity index (χ4v) is 5.22. The molecule has 9 heteroatoms. The van der Waals surface area contributed by atoms with E-state index in [2.05, 4.69) is 10.3 Å². The number of aromatic nitrogens is 1. The second-order valence-electron chi connectivity index (χ2n) is 6.59. The summed E-state index contributed by atoms with van der Waals surface area (Å²) in [7, 11) is -3.46. The minimum Gasteiger partial charge on any atom is -0.505 e. The highest BCUT2D eigenvalue weighted by molar-refractivity contribution is 7.92. The van der Waals surface area contributed by atoms with Crippen molar-refractivity contribution >= 4 is 32.5 Å². The van der Waals surface area contributed by atoms with Gasteiger partial charge in [0, 0.05) is 17.0 Å². The van der Waals surface area contributed by atoms with Crippen LogP contribution >= 0.6 is 0 Å². The van der Waals surface area contributed by atoms with Gasteiger partial charge < -0.3 is 15.5 Å². The number of carboxylic acids is 1. The summed E-state index contributed by atoms with van der Waals surface area (Å²) < 4.78 is 25.7. The second kappa shape index (κ2) is 7.51. The molecule has 0 spiro atoms. The Kier molecular flexibility index (Phi) is 5.31. The first kappa shape index (κ1) is 19.1. The van der Waals surface area contributed by atoms with Crippen molar-refractivity contribution in [2.24, 2.45) is 0 Å². The van der Waals surface area contributed by atoms with E-state index in [-0.39, 0.29) is 16.0 Å². The van der Waals surface area contributed by atoms with Crippen LogP contribution in [0.3, 0.4) is 0 Å². The largest absolute Gasteiger partial charge is 0.505 e. The highest BCUT2D eigenvalue weighted by Crippen LogP contribution is 2.32. The van der Waals surface area contributed by atoms with Crippen molar-refractivity contribution in [2.75, 3.05) is 6.54 Å². The maximum absolute atomic E-state index is 12.8. The van der Waals surface area contributed by atoms with Crippen LogP contribution in [0.5, 0.6) is 5.75 Å². The average Bonchev–Trinajstić information content (AvgIpc) is 2.66. The lowest BCUT2D eigenvalue weighted by atomic mass is 10.0. The van der Waals surface area contributed by atoms with Crippen LogP contribution in [0.25, 0.3) is 10.8 Å². The van der Waals surface area contributed by atoms with Gasteiger partial charge in [0.25, 0.3) is 5.91 Å². The van der Waals surface area contributed by atoms with Crippen LogP contribution in [0.15, 0.2) is 29.3 Å². The van der Waals surface area contributed by atoms with Crippen LogP contribution in [0, 0.1) is 0 Å². The van der Waals surface area contributed by atoms with E-state index >= 15 is 0 Å². The normalized spacial score (nSPS) is 15.6. The van der Waals surface area contributed by atoms with E-state index in [4.69, 9.17) is 5.11 Å². The van der Waals surface area contributed by atoms with Crippen LogP contribution in [0.2, 0.25) is 0 Å². The van der Waals surface area contributed by atoms with Crippen molar-refractivity contribution in [2.45, 2.75) is 42.2 Å². The van der Waals surface area contributed by atoms with E-state index in [9.17, 15) is 23.1 Å². The fourth-order valence-electron chi connectivity index (χ4n) is 3.34. The first-order chi connectivity index (χ1) is 12.8. The Hall–Kier alpha value is -2.68. The standard InChI is InChI=1S/C18H20N2O6S/c21-15(22)10-20-18(24)16-17(23)14-7-6-13(8-11(14)9-19-16)27(25,26)12-4-2-1-3-5-12/h6-9,12,23H,1-5,10H2,(H,20,24)(H,21,22). The Bertz CT molecular complexity index is 996. The zero-order valence-electron chi connectivity index (χ0n) is 14.5. The number of aliphatic carboxylic acids is 1. The molecule has 1 heterocycles. The minimum absolute atomic E-state index is 0.172. The maximum Gasteiger partial charge on any atom is 0.322 e. The Morgan fingerprint density at radius 1 is 1.19 bits per heavy atom. The first-order valence-corrected chi connectivity index (χ1v) is 10.2. The molecule has 3 rings (SSSR count). The number of fused-ring (bicyclic) bond motifs is 1. The number of amides is 1. The molecule has 144 valence electrons. The third-order valence-electron chi connectivity index (χ3n) is 4.77. The van der Waals surface area contributed by atoms with Gasteiger partial charge >= 0.3 is 5.97 Å². The van der Waals surface area contributed by atoms with Crippen LogP contribution in [0.4, 0.5) is 0 Å². The van der Waals surface area contributed by atoms with Crippen LogP contribution < -0.4 is 5.32 Å². The number of rotatable bonds is 5. The zero-order chi connectivity index (χ0) is 19.6. The summed E-state index contributed by atoms with van der Waals surface area (Å²) in [4.78, 5) is 26.5. The monoisotopic (exact) mass is 392 g/mol. The van der Waals surface area contributed by atoms with E-state index in [0.29, 0.717) is 18.2 Å². The third-order valence-corrected chi connectivity index (χ3v) is 7.03. The van der Waals surface area contributed by atoms with E-state index < -0.39 is 39.3 Å². The average molecular weight is 392 g/mol. The number of sulfone groups is 1. The van der Waals surface area contributed by atoms with E-state index in [1.807, 2.05) is 0 Å². The summed E-state index contributed by atoms with van der Waals surface area (Å²) in [5, 5.41) is 21.3. The smallest absolute Gasteiger partial charge is 0.322 e. The molecule has 0 radical (unpaired) electrons. The molecule has 2 aromatic rings. The molecule has 1 aliphatic carbocycles. The molecule has 1 amide bonds. The van der Waals surface area contributed by atoms with Gasteiger partial charge in [-0.2, -0.15) is 0 Å². The van der Waals surface area contributed by atoms with Gasteiger partial charge in [0.2, 0.25) is 0 Å². The summed E-state index contributed by atoms with van der Waals surface area (Å²) in [6.07, 6.45) is 5.43. The lowest BCUT2D eigenvalue weighted by Gasteiger charge is -2.22. The number of carboxylic acid groups (broad SMARTS) is 1. The SMILES string of the molecule is O=C(O)CNC(=O)c1ncc2cc(S(=O)(=O)C3CCCCC3)ccc2c1O. The second-order valence-corrected chi connectivity index (χ2v) is 8.81. The summed E-state index contributed by atoms with van der Waals surface area (Å²) in [5.74, 6) is -2.46. The predicted octanol–water partition coefficient (Wildman–Crippen LogP) is 1.86. The molecule has 0 atom stereocenters. The topological polar surface area (TPSA) is 134 Å². The van der Waals surface area contributed by atoms with Gasteiger partial charge in [0.15, 0.2) is 21.3 Å². The van der Waals surface area contributed by atoms with E-state index in [0.717, 1.165) is 19.3 Å². The summed E-state index contributed by atoms with van der Waals surface area (Å²) >= 11 is 0. The number of carbonyl (C=O) groups is 2. The molecule has 0 unspecified atom stereocenters. The molecule has 0 bridgehead atoms. The van der Waals surface area contributed by atoms with Crippen molar-refractivity contribution in [3.63, 3.8) is 0 Å². The van der Waals surface area contributed by atoms with E-state index in [1.54, 1.807) is 0 Å². The predicted molar refractivity (Wildman–Crippen MR) is 97.4 cm³/mol. The van der Waals surface area contributed by atoms with E-state index in [1.165, 1.54) is 24.4 Å². The fraction of sp³-hybridized carbons (Fsp3) is 0.389. The van der Waals surface area contributed by atoms with Gasteiger partial charge in [-0.1, -0.05) is 19.3 Å². The molecule has 1 aromatic heterocycles. The number of carbonyl (C=O) groups excluding carboxylic acids is 1. The molecule has 0 aliphatic heterocycles. The Morgan fingerprint density at radius 3 is 2.56 bits per heavy atom. The van der Waals surface area contributed by atoms with Crippen molar-refractivity contribution in [3.8, 4) is 5.75 Å². The molecular weight excluding hydrogens is 372 g/mol. The van der Waals surface area contributed by atoms with Crippen LogP contribution in [0.1, 0.15) is 42.6 Å². The highest BCUT2D eigenvalue weighted by atomic mass is 32.2. The van der Waals surface area contributed by atoms with Crippen LogP contribution in [-0.4, -0.2) is 47.3 Å². The zero-order valence-corrected chi connectivity index (χ0v) is 15.3. The first-order valence-electron chi connectivity index (χ1n) is 8.66. The number of nitrogens with zero attached hydrogens (tertiary/aromatic N) is 1. The number of aromatic hydroxyl groups is 1. The molecule has 1 saturated carbocycles. The van der Waals surface area contributed by atoms with Gasteiger partial charge in [-0.3, -0.25) is 9.59 Å². The molecule has 1 fully saturated rings. The summed E-state index contributed by atoms with van der Waals surface area (Å²) in [6, 6.07) is 4.31. The Labute approximate surface area is 156 Å². The number of nitrogens with one attached hydrogen (secondary N) is 1. The lowest BCUT2D eigenvalue weighted by molar-refractivity contribution is -0.135. The molecular formula is C18H20N2O6S. The number of hydrogen-bond donors (Lipinski definition) is 3. The Morgan fingerprint density at radius 2 is 1.89 bits per heavy atom. The molecule has 8 nitrogen and oxygen atoms in total. The number of pyridine rings is 1. The van der Waals surface area contributed by atoms with Crippen LogP contribution in [-0.2, 0) is 14.6 Å². The Balaban J connectivity index is 1.94. The van der Waals surface area contributed by atoms with Crippen molar-refractivity contribution in [1.29, 1.82) is 0 Å². The third kappa shape index (κ3) is 3.87. The number of benzene rings is 1. The van der Waals surface area contributed by atoms with Gasteiger partial charge in [-0.05, 0) is 31.0 Å². The maximum atomic E-state index is 12.8. The highest BCUT2D eigenvalue weighted by Gasteiger charge is 2.29. The molecule has 3 N–H and O–H groups in total. The van der Waals surface area contributed by atoms with Gasteiger partial charge in [-0.25, -0.2) is 13.4 Å².